The molecular formula is C12H27ClN2O3S. The van der Waals surface area contributed by atoms with E-state index in [0.29, 0.717) is 19.0 Å². The van der Waals surface area contributed by atoms with E-state index >= 15 is 0 Å². The number of hydrogen-bond donors (Lipinski definition) is 1. The van der Waals surface area contributed by atoms with E-state index in [1.54, 1.807) is 4.31 Å². The Morgan fingerprint density at radius 3 is 2.68 bits per heavy atom. The normalized spacial score (nSPS) is 21.4. The average molecular weight is 315 g/mol. The average Bonchev–Trinajstić information content (AvgIpc) is 2.29. The molecule has 0 aromatic heterocycles. The number of halogens is 1. The summed E-state index contributed by atoms with van der Waals surface area (Å²) in [5.41, 5.74) is 0. The van der Waals surface area contributed by atoms with Crippen LogP contribution in [0.3, 0.4) is 0 Å². The predicted molar refractivity (Wildman–Crippen MR) is 80.3 cm³/mol. The third-order valence-electron chi connectivity index (χ3n) is 3.16. The number of rotatable bonds is 7. The first kappa shape index (κ1) is 19.1. The fourth-order valence-electron chi connectivity index (χ4n) is 2.25. The van der Waals surface area contributed by atoms with Gasteiger partial charge in [-0.05, 0) is 46.2 Å². The molecule has 0 spiro atoms. The number of nitrogens with one attached hydrogen (secondary N) is 1. The molecule has 116 valence electrons. The lowest BCUT2D eigenvalue weighted by atomic mass is 10.00. The molecule has 1 fully saturated rings. The van der Waals surface area contributed by atoms with Crippen molar-refractivity contribution >= 4 is 22.4 Å². The van der Waals surface area contributed by atoms with E-state index < -0.39 is 10.0 Å². The van der Waals surface area contributed by atoms with Crippen LogP contribution in [-0.4, -0.2) is 57.9 Å². The highest BCUT2D eigenvalue weighted by Gasteiger charge is 2.28. The molecule has 0 radical (unpaired) electrons. The Kier molecular flexibility index (Phi) is 9.19. The maximum atomic E-state index is 12.1. The van der Waals surface area contributed by atoms with Gasteiger partial charge in [-0.1, -0.05) is 0 Å². The molecule has 1 aliphatic heterocycles. The van der Waals surface area contributed by atoms with Gasteiger partial charge in [-0.25, -0.2) is 12.7 Å². The number of nitrogens with zero attached hydrogens (tertiary/aromatic N) is 1. The molecule has 19 heavy (non-hydrogen) atoms. The molecule has 1 saturated heterocycles. The Morgan fingerprint density at radius 1 is 1.42 bits per heavy atom. The fourth-order valence-corrected chi connectivity index (χ4v) is 3.66. The van der Waals surface area contributed by atoms with Gasteiger partial charge in [0.15, 0.2) is 0 Å². The van der Waals surface area contributed by atoms with E-state index in [-0.39, 0.29) is 30.9 Å². The Balaban J connectivity index is 0.00000324. The summed E-state index contributed by atoms with van der Waals surface area (Å²) in [4.78, 5) is 0. The van der Waals surface area contributed by atoms with E-state index in [4.69, 9.17) is 4.74 Å². The van der Waals surface area contributed by atoms with Gasteiger partial charge in [0.05, 0.1) is 18.5 Å². The van der Waals surface area contributed by atoms with Crippen molar-refractivity contribution in [1.82, 2.24) is 9.62 Å². The van der Waals surface area contributed by atoms with Crippen molar-refractivity contribution in [2.24, 2.45) is 5.92 Å². The Bertz CT molecular complexity index is 334. The molecule has 1 rings (SSSR count). The SMILES string of the molecule is CNCC1CCCN(S(=O)(=O)CCOC(C)C)C1.Cl. The molecule has 1 unspecified atom stereocenters. The Labute approximate surface area is 123 Å². The van der Waals surface area contributed by atoms with Crippen molar-refractivity contribution in [2.75, 3.05) is 39.0 Å². The lowest BCUT2D eigenvalue weighted by molar-refractivity contribution is 0.0904. The second-order valence-corrected chi connectivity index (χ2v) is 7.25. The first-order valence-corrected chi connectivity index (χ1v) is 8.30. The van der Waals surface area contributed by atoms with Gasteiger partial charge in [0.2, 0.25) is 10.0 Å². The summed E-state index contributed by atoms with van der Waals surface area (Å²) < 4.78 is 31.2. The summed E-state index contributed by atoms with van der Waals surface area (Å²) in [6, 6.07) is 0. The number of sulfonamides is 1. The standard InChI is InChI=1S/C12H26N2O3S.ClH/c1-11(2)17-7-8-18(15,16)14-6-4-5-12(10-14)9-13-3;/h11-13H,4-10H2,1-3H3;1H. The minimum absolute atomic E-state index is 0. The molecular weight excluding hydrogens is 288 g/mol. The molecule has 0 aromatic carbocycles. The lowest BCUT2D eigenvalue weighted by Crippen LogP contribution is -2.44. The van der Waals surface area contributed by atoms with Gasteiger partial charge in [0.25, 0.3) is 0 Å². The van der Waals surface area contributed by atoms with Crippen LogP contribution in [0.2, 0.25) is 0 Å². The molecule has 7 heteroatoms. The van der Waals surface area contributed by atoms with Crippen LogP contribution in [0, 0.1) is 5.92 Å². The monoisotopic (exact) mass is 314 g/mol. The summed E-state index contributed by atoms with van der Waals surface area (Å²) in [7, 11) is -1.24. The minimum Gasteiger partial charge on any atom is -0.378 e. The van der Waals surface area contributed by atoms with Crippen molar-refractivity contribution in [1.29, 1.82) is 0 Å². The molecule has 1 N–H and O–H groups in total. The van der Waals surface area contributed by atoms with Crippen LogP contribution in [0.25, 0.3) is 0 Å². The van der Waals surface area contributed by atoms with Crippen LogP contribution >= 0.6 is 12.4 Å². The number of hydrogen-bond acceptors (Lipinski definition) is 4. The first-order valence-electron chi connectivity index (χ1n) is 6.69. The van der Waals surface area contributed by atoms with Crippen molar-refractivity contribution in [3.8, 4) is 0 Å². The van der Waals surface area contributed by atoms with Crippen LogP contribution < -0.4 is 5.32 Å². The van der Waals surface area contributed by atoms with Crippen LogP contribution in [0.5, 0.6) is 0 Å². The minimum atomic E-state index is -3.15. The summed E-state index contributed by atoms with van der Waals surface area (Å²) in [5.74, 6) is 0.529. The van der Waals surface area contributed by atoms with Crippen molar-refractivity contribution in [2.45, 2.75) is 32.8 Å². The third kappa shape index (κ3) is 6.90. The van der Waals surface area contributed by atoms with E-state index in [0.717, 1.165) is 19.4 Å². The highest BCUT2D eigenvalue weighted by molar-refractivity contribution is 7.89. The molecule has 0 aliphatic carbocycles. The highest BCUT2D eigenvalue weighted by atomic mass is 35.5. The maximum Gasteiger partial charge on any atom is 0.216 e. The van der Waals surface area contributed by atoms with Crippen LogP contribution in [0.15, 0.2) is 0 Å². The summed E-state index contributed by atoms with van der Waals surface area (Å²) in [6.45, 7) is 6.30. The van der Waals surface area contributed by atoms with Crippen molar-refractivity contribution in [3.05, 3.63) is 0 Å². The van der Waals surface area contributed by atoms with Crippen molar-refractivity contribution < 1.29 is 13.2 Å². The zero-order valence-corrected chi connectivity index (χ0v) is 13.7. The van der Waals surface area contributed by atoms with Gasteiger partial charge in [0.1, 0.15) is 0 Å². The summed E-state index contributed by atoms with van der Waals surface area (Å²) in [5, 5.41) is 3.12. The number of ether oxygens (including phenoxy) is 1. The zero-order valence-electron chi connectivity index (χ0n) is 12.1. The first-order chi connectivity index (χ1) is 8.45. The fraction of sp³-hybridized carbons (Fsp3) is 1.00. The second-order valence-electron chi connectivity index (χ2n) is 5.16. The zero-order chi connectivity index (χ0) is 13.6. The molecule has 0 aromatic rings. The van der Waals surface area contributed by atoms with Crippen LogP contribution in [0.4, 0.5) is 0 Å². The van der Waals surface area contributed by atoms with Gasteiger partial charge in [0, 0.05) is 13.1 Å². The summed E-state index contributed by atoms with van der Waals surface area (Å²) in [6.07, 6.45) is 2.14. The highest BCUT2D eigenvalue weighted by Crippen LogP contribution is 2.18. The molecule has 0 bridgehead atoms. The van der Waals surface area contributed by atoms with Crippen LogP contribution in [0.1, 0.15) is 26.7 Å². The van der Waals surface area contributed by atoms with E-state index in [9.17, 15) is 8.42 Å². The second kappa shape index (κ2) is 9.13. The van der Waals surface area contributed by atoms with Crippen LogP contribution in [-0.2, 0) is 14.8 Å². The topological polar surface area (TPSA) is 58.6 Å². The van der Waals surface area contributed by atoms with E-state index in [2.05, 4.69) is 5.32 Å². The predicted octanol–water partition coefficient (Wildman–Crippen LogP) is 1.09. The Hall–Kier alpha value is 0.120. The molecule has 1 atom stereocenters. The molecule has 0 amide bonds. The van der Waals surface area contributed by atoms with Crippen molar-refractivity contribution in [3.63, 3.8) is 0 Å². The largest absolute Gasteiger partial charge is 0.378 e. The quantitative estimate of drug-likeness (QED) is 0.764. The summed E-state index contributed by atoms with van der Waals surface area (Å²) >= 11 is 0. The molecule has 1 heterocycles. The van der Waals surface area contributed by atoms with Gasteiger partial charge in [-0.15, -0.1) is 12.4 Å². The molecule has 1 aliphatic rings. The van der Waals surface area contributed by atoms with Gasteiger partial charge >= 0.3 is 0 Å². The third-order valence-corrected chi connectivity index (χ3v) is 4.96. The van der Waals surface area contributed by atoms with Gasteiger partial charge in [-0.3, -0.25) is 0 Å². The lowest BCUT2D eigenvalue weighted by Gasteiger charge is -2.31. The van der Waals surface area contributed by atoms with E-state index in [1.807, 2.05) is 20.9 Å². The number of piperidine rings is 1. The van der Waals surface area contributed by atoms with Gasteiger partial charge in [-0.2, -0.15) is 0 Å². The van der Waals surface area contributed by atoms with E-state index in [1.165, 1.54) is 0 Å². The molecule has 5 nitrogen and oxygen atoms in total. The Morgan fingerprint density at radius 2 is 2.11 bits per heavy atom. The smallest absolute Gasteiger partial charge is 0.216 e. The van der Waals surface area contributed by atoms with Gasteiger partial charge < -0.3 is 10.1 Å². The molecule has 0 saturated carbocycles. The maximum absolute atomic E-state index is 12.1.